The van der Waals surface area contributed by atoms with Gasteiger partial charge in [-0.25, -0.2) is 0 Å². The first-order valence-corrected chi connectivity index (χ1v) is 7.44. The van der Waals surface area contributed by atoms with E-state index in [0.717, 1.165) is 21.5 Å². The molecule has 0 saturated heterocycles. The van der Waals surface area contributed by atoms with Crippen molar-refractivity contribution >= 4 is 27.5 Å². The van der Waals surface area contributed by atoms with Crippen molar-refractivity contribution in [1.82, 2.24) is 5.32 Å². The van der Waals surface area contributed by atoms with E-state index in [1.54, 1.807) is 0 Å². The number of aliphatic hydroxyl groups excluding tert-OH is 1. The smallest absolute Gasteiger partial charge is 0.0464 e. The molecular weight excluding hydrogens is 314 g/mol. The van der Waals surface area contributed by atoms with Crippen LogP contribution in [0, 0.1) is 5.92 Å². The van der Waals surface area contributed by atoms with Crippen LogP contribution in [0.2, 0.25) is 5.02 Å². The third-order valence-corrected chi connectivity index (χ3v) is 3.96. The molecule has 0 aliphatic carbocycles. The summed E-state index contributed by atoms with van der Waals surface area (Å²) in [7, 11) is 0. The molecule has 0 heterocycles. The highest BCUT2D eigenvalue weighted by atomic mass is 79.9. The van der Waals surface area contributed by atoms with Crippen LogP contribution in [0.15, 0.2) is 22.7 Å². The fourth-order valence-corrected chi connectivity index (χ4v) is 2.85. The van der Waals surface area contributed by atoms with Crippen molar-refractivity contribution in [2.75, 3.05) is 6.61 Å². The molecule has 1 rings (SSSR count). The van der Waals surface area contributed by atoms with Crippen LogP contribution in [0.4, 0.5) is 0 Å². The predicted molar refractivity (Wildman–Crippen MR) is 81.0 cm³/mol. The molecule has 2 atom stereocenters. The van der Waals surface area contributed by atoms with Gasteiger partial charge in [-0.2, -0.15) is 0 Å². The quantitative estimate of drug-likeness (QED) is 0.818. The van der Waals surface area contributed by atoms with E-state index in [4.69, 9.17) is 16.7 Å². The lowest BCUT2D eigenvalue weighted by molar-refractivity contribution is 0.237. The monoisotopic (exact) mass is 333 g/mol. The number of hydrogen-bond donors (Lipinski definition) is 2. The summed E-state index contributed by atoms with van der Waals surface area (Å²) in [5, 5.41) is 13.4. The molecule has 102 valence electrons. The minimum absolute atomic E-state index is 0.171. The number of nitrogens with one attached hydrogen (secondary N) is 1. The second kappa shape index (κ2) is 7.49. The van der Waals surface area contributed by atoms with Gasteiger partial charge in [0, 0.05) is 28.2 Å². The summed E-state index contributed by atoms with van der Waals surface area (Å²) in [6.07, 6.45) is 0.760. The van der Waals surface area contributed by atoms with E-state index < -0.39 is 0 Å². The molecule has 0 bridgehead atoms. The average molecular weight is 335 g/mol. The zero-order chi connectivity index (χ0) is 13.7. The first kappa shape index (κ1) is 16.0. The van der Waals surface area contributed by atoms with E-state index >= 15 is 0 Å². The van der Waals surface area contributed by atoms with E-state index in [2.05, 4.69) is 42.0 Å². The number of benzene rings is 1. The normalized spacial score (nSPS) is 14.8. The van der Waals surface area contributed by atoms with E-state index in [1.165, 1.54) is 0 Å². The lowest BCUT2D eigenvalue weighted by Crippen LogP contribution is -2.36. The Balaban J connectivity index is 2.76. The average Bonchev–Trinajstić information content (AvgIpc) is 2.27. The molecule has 0 fully saturated rings. The largest absolute Gasteiger partial charge is 0.396 e. The second-order valence-electron chi connectivity index (χ2n) is 4.92. The molecule has 0 aliphatic rings. The van der Waals surface area contributed by atoms with Gasteiger partial charge in [0.2, 0.25) is 0 Å². The number of halogens is 2. The Morgan fingerprint density at radius 3 is 2.50 bits per heavy atom. The van der Waals surface area contributed by atoms with Crippen molar-refractivity contribution in [3.8, 4) is 0 Å². The molecule has 0 spiro atoms. The van der Waals surface area contributed by atoms with Gasteiger partial charge in [-0.15, -0.1) is 0 Å². The second-order valence-corrected chi connectivity index (χ2v) is 6.24. The van der Waals surface area contributed by atoms with Crippen LogP contribution in [0.1, 0.15) is 38.8 Å². The predicted octanol–water partition coefficient (Wildman–Crippen LogP) is 4.16. The van der Waals surface area contributed by atoms with Crippen LogP contribution < -0.4 is 5.32 Å². The van der Waals surface area contributed by atoms with Crippen molar-refractivity contribution < 1.29 is 5.11 Å². The molecule has 0 radical (unpaired) electrons. The van der Waals surface area contributed by atoms with Gasteiger partial charge in [-0.05, 0) is 37.0 Å². The molecule has 4 heteroatoms. The lowest BCUT2D eigenvalue weighted by Gasteiger charge is -2.26. The lowest BCUT2D eigenvalue weighted by atomic mass is 9.98. The van der Waals surface area contributed by atoms with E-state index in [9.17, 15) is 0 Å². The first-order chi connectivity index (χ1) is 8.45. The van der Waals surface area contributed by atoms with E-state index in [0.29, 0.717) is 12.0 Å². The van der Waals surface area contributed by atoms with Crippen molar-refractivity contribution in [3.05, 3.63) is 33.3 Å². The number of rotatable bonds is 6. The highest BCUT2D eigenvalue weighted by Crippen LogP contribution is 2.27. The molecule has 2 nitrogen and oxygen atoms in total. The molecule has 2 N–H and O–H groups in total. The van der Waals surface area contributed by atoms with Gasteiger partial charge in [-0.1, -0.05) is 47.4 Å². The highest BCUT2D eigenvalue weighted by molar-refractivity contribution is 9.10. The Morgan fingerprint density at radius 1 is 1.33 bits per heavy atom. The Morgan fingerprint density at radius 2 is 2.00 bits per heavy atom. The summed E-state index contributed by atoms with van der Waals surface area (Å²) < 4.78 is 0.985. The molecule has 1 aromatic carbocycles. The Hall–Kier alpha value is -0.0900. The zero-order valence-corrected chi connectivity index (χ0v) is 13.4. The van der Waals surface area contributed by atoms with E-state index in [-0.39, 0.29) is 12.6 Å². The van der Waals surface area contributed by atoms with Crippen LogP contribution >= 0.6 is 27.5 Å². The van der Waals surface area contributed by atoms with Crippen LogP contribution in [-0.4, -0.2) is 17.8 Å². The Bertz CT molecular complexity index is 384. The van der Waals surface area contributed by atoms with Crippen molar-refractivity contribution in [2.24, 2.45) is 5.92 Å². The maximum atomic E-state index is 9.09. The zero-order valence-electron chi connectivity index (χ0n) is 11.1. The van der Waals surface area contributed by atoms with Gasteiger partial charge in [0.25, 0.3) is 0 Å². The molecule has 0 aromatic heterocycles. The highest BCUT2D eigenvalue weighted by Gasteiger charge is 2.17. The molecule has 0 amide bonds. The van der Waals surface area contributed by atoms with Crippen molar-refractivity contribution in [1.29, 1.82) is 0 Å². The maximum absolute atomic E-state index is 9.09. The summed E-state index contributed by atoms with van der Waals surface area (Å²) in [5.41, 5.74) is 1.09. The van der Waals surface area contributed by atoms with Crippen LogP contribution in [0.3, 0.4) is 0 Å². The SMILES string of the molecule is CC(NC(CCO)C(C)C)c1ccc(Br)cc1Cl. The van der Waals surface area contributed by atoms with Crippen LogP contribution in [0.5, 0.6) is 0 Å². The minimum Gasteiger partial charge on any atom is -0.396 e. The molecule has 18 heavy (non-hydrogen) atoms. The summed E-state index contributed by atoms with van der Waals surface area (Å²) in [6.45, 7) is 6.62. The molecule has 2 unspecified atom stereocenters. The van der Waals surface area contributed by atoms with Crippen LogP contribution in [-0.2, 0) is 0 Å². The standard InChI is InChI=1S/C14H21BrClNO/c1-9(2)14(6-7-18)17-10(3)12-5-4-11(15)8-13(12)16/h4-5,8-10,14,17-18H,6-7H2,1-3H3. The van der Waals surface area contributed by atoms with Gasteiger partial charge >= 0.3 is 0 Å². The van der Waals surface area contributed by atoms with E-state index in [1.807, 2.05) is 18.2 Å². The Labute approximate surface area is 123 Å². The van der Waals surface area contributed by atoms with Gasteiger partial charge in [0.05, 0.1) is 0 Å². The maximum Gasteiger partial charge on any atom is 0.0464 e. The van der Waals surface area contributed by atoms with Gasteiger partial charge < -0.3 is 10.4 Å². The Kier molecular flexibility index (Phi) is 6.64. The summed E-state index contributed by atoms with van der Waals surface area (Å²) >= 11 is 9.65. The summed E-state index contributed by atoms with van der Waals surface area (Å²) in [6, 6.07) is 6.40. The van der Waals surface area contributed by atoms with Crippen molar-refractivity contribution in [3.63, 3.8) is 0 Å². The first-order valence-electron chi connectivity index (χ1n) is 6.27. The third kappa shape index (κ3) is 4.54. The fraction of sp³-hybridized carbons (Fsp3) is 0.571. The number of aliphatic hydroxyl groups is 1. The van der Waals surface area contributed by atoms with Gasteiger partial charge in [-0.3, -0.25) is 0 Å². The summed E-state index contributed by atoms with van der Waals surface area (Å²) in [5.74, 6) is 0.480. The molecule has 1 aromatic rings. The minimum atomic E-state index is 0.171. The molecule has 0 aliphatic heterocycles. The topological polar surface area (TPSA) is 32.3 Å². The molecular formula is C14H21BrClNO. The summed E-state index contributed by atoms with van der Waals surface area (Å²) in [4.78, 5) is 0. The van der Waals surface area contributed by atoms with Gasteiger partial charge in [0.15, 0.2) is 0 Å². The van der Waals surface area contributed by atoms with Crippen molar-refractivity contribution in [2.45, 2.75) is 39.3 Å². The third-order valence-electron chi connectivity index (χ3n) is 3.14. The molecule has 0 saturated carbocycles. The number of hydrogen-bond acceptors (Lipinski definition) is 2. The van der Waals surface area contributed by atoms with Crippen LogP contribution in [0.25, 0.3) is 0 Å². The fourth-order valence-electron chi connectivity index (χ4n) is 2.01. The van der Waals surface area contributed by atoms with Gasteiger partial charge in [0.1, 0.15) is 0 Å².